The molecule has 1 fully saturated rings. The third-order valence-corrected chi connectivity index (χ3v) is 3.85. The number of ether oxygens (including phenoxy) is 2. The highest BCUT2D eigenvalue weighted by Crippen LogP contribution is 2.40. The molecule has 0 radical (unpaired) electrons. The Morgan fingerprint density at radius 1 is 0.960 bits per heavy atom. The minimum Gasteiger partial charge on any atom is -0.497 e. The fourth-order valence-corrected chi connectivity index (χ4v) is 2.54. The number of rotatable bonds is 6. The summed E-state index contributed by atoms with van der Waals surface area (Å²) in [7, 11) is 3.28. The van der Waals surface area contributed by atoms with E-state index in [0.717, 1.165) is 28.7 Å². The van der Waals surface area contributed by atoms with E-state index < -0.39 is 0 Å². The van der Waals surface area contributed by atoms with Gasteiger partial charge >= 0.3 is 0 Å². The summed E-state index contributed by atoms with van der Waals surface area (Å²) in [6.07, 6.45) is 2.39. The molecule has 1 aliphatic carbocycles. The molecule has 25 heavy (non-hydrogen) atoms. The average Bonchev–Trinajstić information content (AvgIpc) is 3.37. The number of nitrogens with one attached hydrogen (secondary N) is 2. The molecular weight excluding hydrogens is 316 g/mol. The van der Waals surface area contributed by atoms with Crippen molar-refractivity contribution in [2.24, 2.45) is 0 Å². The van der Waals surface area contributed by atoms with Gasteiger partial charge < -0.3 is 20.1 Å². The van der Waals surface area contributed by atoms with Crippen LogP contribution < -0.4 is 20.1 Å². The van der Waals surface area contributed by atoms with Crippen LogP contribution in [0.4, 0.5) is 17.5 Å². The Morgan fingerprint density at radius 2 is 1.60 bits per heavy atom. The molecule has 1 aromatic heterocycles. The average molecular weight is 342 g/mol. The van der Waals surface area contributed by atoms with Crippen molar-refractivity contribution in [2.45, 2.75) is 45.1 Å². The first-order valence-corrected chi connectivity index (χ1v) is 8.53. The molecule has 2 N–H and O–H groups in total. The molecule has 0 unspecified atom stereocenters. The van der Waals surface area contributed by atoms with E-state index in [1.807, 2.05) is 24.3 Å². The first kappa shape index (κ1) is 17.3. The summed E-state index contributed by atoms with van der Waals surface area (Å²) in [5.74, 6) is 3.41. The molecule has 3 rings (SSSR count). The molecule has 0 aliphatic heterocycles. The van der Waals surface area contributed by atoms with Gasteiger partial charge in [0.2, 0.25) is 5.95 Å². The number of hydrogen-bond donors (Lipinski definition) is 2. The Bertz CT molecular complexity index is 729. The number of hydrogen-bond acceptors (Lipinski definition) is 6. The Balaban J connectivity index is 1.91. The number of aromatic nitrogens is 2. The monoisotopic (exact) mass is 342 g/mol. The minimum atomic E-state index is -0.0986. The molecule has 0 atom stereocenters. The zero-order valence-corrected chi connectivity index (χ0v) is 15.5. The second-order valence-electron chi connectivity index (χ2n) is 7.38. The van der Waals surface area contributed by atoms with Crippen LogP contribution in [0.1, 0.15) is 45.2 Å². The molecule has 6 heteroatoms. The van der Waals surface area contributed by atoms with Crippen LogP contribution in [-0.4, -0.2) is 29.7 Å². The Morgan fingerprint density at radius 3 is 2.12 bits per heavy atom. The first-order valence-electron chi connectivity index (χ1n) is 8.53. The lowest BCUT2D eigenvalue weighted by Gasteiger charge is -2.21. The zero-order chi connectivity index (χ0) is 18.0. The van der Waals surface area contributed by atoms with Crippen LogP contribution >= 0.6 is 0 Å². The van der Waals surface area contributed by atoms with Crippen molar-refractivity contribution < 1.29 is 9.47 Å². The van der Waals surface area contributed by atoms with Crippen molar-refractivity contribution in [3.05, 3.63) is 30.0 Å². The second kappa shape index (κ2) is 6.78. The maximum Gasteiger partial charge on any atom is 0.225 e. The van der Waals surface area contributed by atoms with Gasteiger partial charge in [0.15, 0.2) is 0 Å². The molecule has 1 heterocycles. The molecule has 0 spiro atoms. The molecule has 0 saturated heterocycles. The van der Waals surface area contributed by atoms with E-state index >= 15 is 0 Å². The van der Waals surface area contributed by atoms with Gasteiger partial charge in [0, 0.05) is 41.4 Å². The first-order chi connectivity index (χ1) is 11.9. The quantitative estimate of drug-likeness (QED) is 0.814. The van der Waals surface area contributed by atoms with E-state index in [2.05, 4.69) is 41.4 Å². The maximum atomic E-state index is 5.33. The van der Waals surface area contributed by atoms with Crippen molar-refractivity contribution in [3.63, 3.8) is 0 Å². The predicted molar refractivity (Wildman–Crippen MR) is 100 cm³/mol. The summed E-state index contributed by atoms with van der Waals surface area (Å²) >= 11 is 0. The Kier molecular flexibility index (Phi) is 4.70. The van der Waals surface area contributed by atoms with Crippen LogP contribution in [-0.2, 0) is 0 Å². The van der Waals surface area contributed by atoms with Crippen LogP contribution in [0.5, 0.6) is 11.5 Å². The fourth-order valence-electron chi connectivity index (χ4n) is 2.54. The predicted octanol–water partition coefficient (Wildman–Crippen LogP) is 4.33. The number of anilines is 3. The fraction of sp³-hybridized carbons (Fsp3) is 0.474. The van der Waals surface area contributed by atoms with Gasteiger partial charge in [0.1, 0.15) is 17.3 Å². The van der Waals surface area contributed by atoms with Crippen LogP contribution in [0.3, 0.4) is 0 Å². The van der Waals surface area contributed by atoms with Gasteiger partial charge in [0.25, 0.3) is 0 Å². The number of benzene rings is 1. The lowest BCUT2D eigenvalue weighted by Crippen LogP contribution is -2.27. The normalized spacial score (nSPS) is 14.1. The lowest BCUT2D eigenvalue weighted by molar-refractivity contribution is 0.395. The summed E-state index contributed by atoms with van der Waals surface area (Å²) < 4.78 is 10.7. The van der Waals surface area contributed by atoms with Gasteiger partial charge in [0.05, 0.1) is 19.9 Å². The Hall–Kier alpha value is -2.50. The van der Waals surface area contributed by atoms with Crippen molar-refractivity contribution in [1.29, 1.82) is 0 Å². The largest absolute Gasteiger partial charge is 0.497 e. The minimum absolute atomic E-state index is 0.0986. The third kappa shape index (κ3) is 4.75. The van der Waals surface area contributed by atoms with Crippen LogP contribution in [0.2, 0.25) is 0 Å². The topological polar surface area (TPSA) is 68.3 Å². The molecule has 0 amide bonds. The summed E-state index contributed by atoms with van der Waals surface area (Å²) in [5.41, 5.74) is 1.84. The van der Waals surface area contributed by atoms with Gasteiger partial charge in [-0.25, -0.2) is 4.98 Å². The molecular formula is C19H26N4O2. The van der Waals surface area contributed by atoms with E-state index in [9.17, 15) is 0 Å². The molecule has 1 saturated carbocycles. The second-order valence-corrected chi connectivity index (χ2v) is 7.38. The van der Waals surface area contributed by atoms with Gasteiger partial charge in [-0.1, -0.05) is 0 Å². The molecule has 1 aliphatic rings. The summed E-state index contributed by atoms with van der Waals surface area (Å²) in [5, 5.41) is 6.72. The summed E-state index contributed by atoms with van der Waals surface area (Å²) in [4.78, 5) is 9.30. The summed E-state index contributed by atoms with van der Waals surface area (Å²) in [6, 6.07) is 7.70. The standard InChI is InChI=1S/C19H26N4O2/c1-19(2,3)23-18-21-16(12-6-7-12)11-17(22-18)20-13-8-14(24-4)10-15(9-13)25-5/h8-12H,6-7H2,1-5H3,(H2,20,21,22,23). The molecule has 134 valence electrons. The summed E-state index contributed by atoms with van der Waals surface area (Å²) in [6.45, 7) is 6.29. The highest BCUT2D eigenvalue weighted by atomic mass is 16.5. The lowest BCUT2D eigenvalue weighted by atomic mass is 10.1. The van der Waals surface area contributed by atoms with Crippen LogP contribution in [0, 0.1) is 0 Å². The van der Waals surface area contributed by atoms with Gasteiger partial charge in [-0.05, 0) is 33.6 Å². The Labute approximate surface area is 149 Å². The van der Waals surface area contributed by atoms with E-state index in [-0.39, 0.29) is 5.54 Å². The molecule has 1 aromatic carbocycles. The molecule has 2 aromatic rings. The highest BCUT2D eigenvalue weighted by Gasteiger charge is 2.26. The SMILES string of the molecule is COc1cc(Nc2cc(C3CC3)nc(NC(C)(C)C)n2)cc(OC)c1. The third-order valence-electron chi connectivity index (χ3n) is 3.85. The van der Waals surface area contributed by atoms with Crippen molar-refractivity contribution >= 4 is 17.5 Å². The van der Waals surface area contributed by atoms with Crippen molar-refractivity contribution in [2.75, 3.05) is 24.9 Å². The molecule has 0 bridgehead atoms. The smallest absolute Gasteiger partial charge is 0.225 e. The van der Waals surface area contributed by atoms with Crippen LogP contribution in [0.25, 0.3) is 0 Å². The van der Waals surface area contributed by atoms with Crippen molar-refractivity contribution in [1.82, 2.24) is 9.97 Å². The highest BCUT2D eigenvalue weighted by molar-refractivity contribution is 5.62. The molecule has 6 nitrogen and oxygen atoms in total. The zero-order valence-electron chi connectivity index (χ0n) is 15.5. The van der Waals surface area contributed by atoms with E-state index in [1.54, 1.807) is 14.2 Å². The van der Waals surface area contributed by atoms with Gasteiger partial charge in [-0.2, -0.15) is 4.98 Å². The van der Waals surface area contributed by atoms with E-state index in [0.29, 0.717) is 11.9 Å². The van der Waals surface area contributed by atoms with Gasteiger partial charge in [-0.15, -0.1) is 0 Å². The number of nitrogens with zero attached hydrogens (tertiary/aromatic N) is 2. The van der Waals surface area contributed by atoms with Gasteiger partial charge in [-0.3, -0.25) is 0 Å². The van der Waals surface area contributed by atoms with E-state index in [4.69, 9.17) is 9.47 Å². The van der Waals surface area contributed by atoms with Crippen molar-refractivity contribution in [3.8, 4) is 11.5 Å². The van der Waals surface area contributed by atoms with Crippen LogP contribution in [0.15, 0.2) is 24.3 Å². The maximum absolute atomic E-state index is 5.33. The van der Waals surface area contributed by atoms with E-state index in [1.165, 1.54) is 12.8 Å². The number of methoxy groups -OCH3 is 2.